The molecule has 25 heavy (non-hydrogen) atoms. The van der Waals surface area contributed by atoms with Crippen LogP contribution in [0.4, 0.5) is 0 Å². The Hall–Kier alpha value is -2.17. The first-order valence-corrected chi connectivity index (χ1v) is 8.86. The second-order valence-corrected chi connectivity index (χ2v) is 6.49. The topological polar surface area (TPSA) is 32.8 Å². The molecule has 1 atom stereocenters. The highest BCUT2D eigenvalue weighted by Gasteiger charge is 2.30. The SMILES string of the molecule is COC(=O)C(C)N1CCN(C(c2ccccc2)c2ccccc2)CC1. The van der Waals surface area contributed by atoms with E-state index in [2.05, 4.69) is 70.5 Å². The number of esters is 1. The Balaban J connectivity index is 1.77. The molecule has 4 heteroatoms. The van der Waals surface area contributed by atoms with Gasteiger partial charge in [-0.25, -0.2) is 0 Å². The van der Waals surface area contributed by atoms with Crippen molar-refractivity contribution in [2.24, 2.45) is 0 Å². The van der Waals surface area contributed by atoms with Crippen molar-refractivity contribution in [3.8, 4) is 0 Å². The molecule has 0 N–H and O–H groups in total. The van der Waals surface area contributed by atoms with Crippen LogP contribution >= 0.6 is 0 Å². The number of hydrogen-bond acceptors (Lipinski definition) is 4. The lowest BCUT2D eigenvalue weighted by atomic mass is 9.96. The van der Waals surface area contributed by atoms with Gasteiger partial charge in [-0.1, -0.05) is 60.7 Å². The quantitative estimate of drug-likeness (QED) is 0.785. The molecule has 0 aromatic heterocycles. The van der Waals surface area contributed by atoms with Crippen molar-refractivity contribution in [3.63, 3.8) is 0 Å². The maximum absolute atomic E-state index is 11.8. The van der Waals surface area contributed by atoms with Gasteiger partial charge in [0, 0.05) is 26.2 Å². The van der Waals surface area contributed by atoms with Crippen LogP contribution in [-0.2, 0) is 9.53 Å². The molecule has 3 rings (SSSR count). The fraction of sp³-hybridized carbons (Fsp3) is 0.381. The Labute approximate surface area is 150 Å². The van der Waals surface area contributed by atoms with E-state index in [1.165, 1.54) is 18.2 Å². The van der Waals surface area contributed by atoms with Gasteiger partial charge in [0.15, 0.2) is 0 Å². The van der Waals surface area contributed by atoms with Crippen LogP contribution in [-0.4, -0.2) is 55.1 Å². The minimum atomic E-state index is -0.181. The molecule has 2 aromatic carbocycles. The largest absolute Gasteiger partial charge is 0.468 e. The van der Waals surface area contributed by atoms with Crippen LogP contribution < -0.4 is 0 Å². The third kappa shape index (κ3) is 4.09. The van der Waals surface area contributed by atoms with E-state index in [0.29, 0.717) is 0 Å². The van der Waals surface area contributed by atoms with Gasteiger partial charge in [-0.3, -0.25) is 14.6 Å². The maximum atomic E-state index is 11.8. The van der Waals surface area contributed by atoms with Crippen molar-refractivity contribution in [2.75, 3.05) is 33.3 Å². The molecule has 1 unspecified atom stereocenters. The number of carbonyl (C=O) groups is 1. The molecule has 0 aliphatic carbocycles. The molecule has 4 nitrogen and oxygen atoms in total. The summed E-state index contributed by atoms with van der Waals surface area (Å²) < 4.78 is 4.88. The van der Waals surface area contributed by atoms with Crippen molar-refractivity contribution in [3.05, 3.63) is 71.8 Å². The average Bonchev–Trinajstić information content (AvgIpc) is 2.69. The zero-order valence-corrected chi connectivity index (χ0v) is 15.0. The van der Waals surface area contributed by atoms with Crippen molar-refractivity contribution in [1.82, 2.24) is 9.80 Å². The Bertz CT molecular complexity index is 627. The first-order valence-electron chi connectivity index (χ1n) is 8.86. The van der Waals surface area contributed by atoms with Gasteiger partial charge < -0.3 is 4.74 Å². The van der Waals surface area contributed by atoms with Crippen LogP contribution in [0.15, 0.2) is 60.7 Å². The van der Waals surface area contributed by atoms with Crippen molar-refractivity contribution in [1.29, 1.82) is 0 Å². The Morgan fingerprint density at radius 1 is 0.840 bits per heavy atom. The summed E-state index contributed by atoms with van der Waals surface area (Å²) in [4.78, 5) is 16.5. The molecule has 1 saturated heterocycles. The van der Waals surface area contributed by atoms with E-state index in [0.717, 1.165) is 26.2 Å². The van der Waals surface area contributed by atoms with Crippen molar-refractivity contribution < 1.29 is 9.53 Å². The van der Waals surface area contributed by atoms with Crippen LogP contribution in [0, 0.1) is 0 Å². The second kappa shape index (κ2) is 8.28. The molecular formula is C21H26N2O2. The number of hydrogen-bond donors (Lipinski definition) is 0. The second-order valence-electron chi connectivity index (χ2n) is 6.49. The molecule has 1 heterocycles. The number of nitrogens with zero attached hydrogens (tertiary/aromatic N) is 2. The Morgan fingerprint density at radius 3 is 1.72 bits per heavy atom. The summed E-state index contributed by atoms with van der Waals surface area (Å²) in [6, 6.07) is 21.4. The third-order valence-corrected chi connectivity index (χ3v) is 5.03. The van der Waals surface area contributed by atoms with E-state index in [4.69, 9.17) is 4.74 Å². The van der Waals surface area contributed by atoms with E-state index in [9.17, 15) is 4.79 Å². The molecule has 0 saturated carbocycles. The molecule has 0 spiro atoms. The first kappa shape index (κ1) is 17.6. The molecular weight excluding hydrogens is 312 g/mol. The maximum Gasteiger partial charge on any atom is 0.322 e. The van der Waals surface area contributed by atoms with E-state index < -0.39 is 0 Å². The average molecular weight is 338 g/mol. The fourth-order valence-corrected chi connectivity index (χ4v) is 3.59. The van der Waals surface area contributed by atoms with Gasteiger partial charge in [-0.15, -0.1) is 0 Å². The van der Waals surface area contributed by atoms with Gasteiger partial charge >= 0.3 is 5.97 Å². The van der Waals surface area contributed by atoms with Gasteiger partial charge in [0.05, 0.1) is 13.2 Å². The summed E-state index contributed by atoms with van der Waals surface area (Å²) in [6.07, 6.45) is 0. The summed E-state index contributed by atoms with van der Waals surface area (Å²) in [5.74, 6) is -0.156. The summed E-state index contributed by atoms with van der Waals surface area (Å²) in [5.41, 5.74) is 2.62. The zero-order valence-electron chi connectivity index (χ0n) is 15.0. The highest BCUT2D eigenvalue weighted by Crippen LogP contribution is 2.29. The van der Waals surface area contributed by atoms with Crippen LogP contribution in [0.5, 0.6) is 0 Å². The number of piperazine rings is 1. The van der Waals surface area contributed by atoms with Gasteiger partial charge in [-0.05, 0) is 18.1 Å². The van der Waals surface area contributed by atoms with Crippen LogP contribution in [0.25, 0.3) is 0 Å². The number of ether oxygens (including phenoxy) is 1. The summed E-state index contributed by atoms with van der Waals surface area (Å²) in [5, 5.41) is 0. The van der Waals surface area contributed by atoms with Crippen molar-refractivity contribution in [2.45, 2.75) is 19.0 Å². The molecule has 2 aromatic rings. The fourth-order valence-electron chi connectivity index (χ4n) is 3.59. The predicted molar refractivity (Wildman–Crippen MR) is 99.4 cm³/mol. The van der Waals surface area contributed by atoms with Gasteiger partial charge in [0.2, 0.25) is 0 Å². The van der Waals surface area contributed by atoms with Gasteiger partial charge in [-0.2, -0.15) is 0 Å². The monoisotopic (exact) mass is 338 g/mol. The number of benzene rings is 2. The third-order valence-electron chi connectivity index (χ3n) is 5.03. The normalized spacial score (nSPS) is 17.4. The molecule has 0 amide bonds. The number of carbonyl (C=O) groups excluding carboxylic acids is 1. The lowest BCUT2D eigenvalue weighted by Gasteiger charge is -2.41. The summed E-state index contributed by atoms with van der Waals surface area (Å²) in [6.45, 7) is 5.51. The lowest BCUT2D eigenvalue weighted by Crippen LogP contribution is -2.52. The van der Waals surface area contributed by atoms with Crippen LogP contribution in [0.3, 0.4) is 0 Å². The highest BCUT2D eigenvalue weighted by molar-refractivity contribution is 5.75. The van der Waals surface area contributed by atoms with E-state index in [1.54, 1.807) is 0 Å². The number of rotatable bonds is 5. The zero-order chi connectivity index (χ0) is 17.6. The molecule has 1 aliphatic rings. The summed E-state index contributed by atoms with van der Waals surface area (Å²) >= 11 is 0. The Kier molecular flexibility index (Phi) is 5.84. The van der Waals surface area contributed by atoms with E-state index in [1.807, 2.05) is 6.92 Å². The van der Waals surface area contributed by atoms with E-state index in [-0.39, 0.29) is 18.1 Å². The Morgan fingerprint density at radius 2 is 1.28 bits per heavy atom. The van der Waals surface area contributed by atoms with Crippen LogP contribution in [0.2, 0.25) is 0 Å². The molecule has 0 radical (unpaired) electrons. The standard InChI is InChI=1S/C21H26N2O2/c1-17(21(24)25-2)22-13-15-23(16-14-22)20(18-9-5-3-6-10-18)19-11-7-4-8-12-19/h3-12,17,20H,13-16H2,1-2H3. The molecule has 1 aliphatic heterocycles. The predicted octanol–water partition coefficient (Wildman–Crippen LogP) is 2.96. The lowest BCUT2D eigenvalue weighted by molar-refractivity contribution is -0.147. The molecule has 0 bridgehead atoms. The first-order chi connectivity index (χ1) is 12.2. The molecule has 132 valence electrons. The number of methoxy groups -OCH3 is 1. The van der Waals surface area contributed by atoms with Gasteiger partial charge in [0.1, 0.15) is 6.04 Å². The minimum Gasteiger partial charge on any atom is -0.468 e. The van der Waals surface area contributed by atoms with Gasteiger partial charge in [0.25, 0.3) is 0 Å². The molecule has 1 fully saturated rings. The van der Waals surface area contributed by atoms with Crippen LogP contribution in [0.1, 0.15) is 24.1 Å². The highest BCUT2D eigenvalue weighted by atomic mass is 16.5. The minimum absolute atomic E-state index is 0.156. The van der Waals surface area contributed by atoms with E-state index >= 15 is 0 Å². The van der Waals surface area contributed by atoms with Crippen molar-refractivity contribution >= 4 is 5.97 Å². The smallest absolute Gasteiger partial charge is 0.322 e. The summed E-state index contributed by atoms with van der Waals surface area (Å²) in [7, 11) is 1.45.